The molecule has 3 aliphatic rings. The summed E-state index contributed by atoms with van der Waals surface area (Å²) in [6, 6.07) is 24.6. The number of amidine groups is 2. The molecule has 8 bridgehead atoms. The number of nitrogens with one attached hydrogen (secondary N) is 4. The molecule has 190 valence electrons. The highest BCUT2D eigenvalue weighted by atomic mass is 15.2. The molecule has 3 aromatic heterocycles. The first-order valence-electron chi connectivity index (χ1n) is 13.3. The first-order chi connectivity index (χ1) is 19.8. The van der Waals surface area contributed by atoms with Gasteiger partial charge in [0.25, 0.3) is 0 Å². The Bertz CT molecular complexity index is 2110. The SMILES string of the molecule is C1=C[C@@H]2C3=Nc4[nH]c(c5ccccc45)N=c4[nH]c(c5ccccc45)=Nc4[nH]c(c5ccccc45)N=C(N3)[C@H]2C=C1. The largest absolute Gasteiger partial charge is 0.331 e. The molecular formula is C32H22N8. The predicted molar refractivity (Wildman–Crippen MR) is 159 cm³/mol. The standard InChI is InChI=1S/C32H22N8/c1-2-10-18-17(9-1)25-33-26(18)38-28-21-13-5-6-14-22(21)30(35-28)40-32-24-16-8-7-15-23(24)31(36-32)39-29-20-12-4-3-11-19(20)27(34-29)37-25/h1-18,34-35H,(H,33,37,38)(H,36,39,40)/t17-,18-/m0/s1. The Kier molecular flexibility index (Phi) is 4.29. The average molecular weight is 519 g/mol. The van der Waals surface area contributed by atoms with Gasteiger partial charge in [0.1, 0.15) is 45.9 Å². The summed E-state index contributed by atoms with van der Waals surface area (Å²) in [6.45, 7) is 0. The van der Waals surface area contributed by atoms with Crippen molar-refractivity contribution in [1.29, 1.82) is 0 Å². The van der Waals surface area contributed by atoms with Gasteiger partial charge in [0, 0.05) is 44.2 Å². The number of H-pyrrole nitrogens is 3. The number of allylic oxidation sites excluding steroid dienone is 2. The summed E-state index contributed by atoms with van der Waals surface area (Å²) >= 11 is 0. The summed E-state index contributed by atoms with van der Waals surface area (Å²) in [7, 11) is 0. The van der Waals surface area contributed by atoms with Gasteiger partial charge in [0.15, 0.2) is 0 Å². The number of aromatic amines is 3. The van der Waals surface area contributed by atoms with Crippen LogP contribution in [0, 0.1) is 11.8 Å². The van der Waals surface area contributed by atoms with Crippen molar-refractivity contribution >= 4 is 67.3 Å². The number of nitrogens with zero attached hydrogens (tertiary/aromatic N) is 4. The predicted octanol–water partition coefficient (Wildman–Crippen LogP) is 6.07. The minimum atomic E-state index is 0.0572. The molecule has 0 amide bonds. The highest BCUT2D eigenvalue weighted by Crippen LogP contribution is 2.38. The number of benzene rings is 3. The molecule has 9 rings (SSSR count). The van der Waals surface area contributed by atoms with Crippen LogP contribution in [0.2, 0.25) is 0 Å². The lowest BCUT2D eigenvalue weighted by atomic mass is 9.90. The lowest BCUT2D eigenvalue weighted by Crippen LogP contribution is -2.22. The minimum Gasteiger partial charge on any atom is -0.331 e. The van der Waals surface area contributed by atoms with Gasteiger partial charge in [-0.15, -0.1) is 0 Å². The molecule has 8 nitrogen and oxygen atoms in total. The Morgan fingerprint density at radius 3 is 1.23 bits per heavy atom. The van der Waals surface area contributed by atoms with Crippen molar-refractivity contribution < 1.29 is 0 Å². The second kappa shape index (κ2) is 8.00. The van der Waals surface area contributed by atoms with Gasteiger partial charge < -0.3 is 20.3 Å². The van der Waals surface area contributed by atoms with Crippen LogP contribution in [-0.4, -0.2) is 26.6 Å². The summed E-state index contributed by atoms with van der Waals surface area (Å²) in [4.78, 5) is 31.0. The molecule has 8 heteroatoms. The zero-order valence-corrected chi connectivity index (χ0v) is 21.2. The molecule has 1 fully saturated rings. The Labute approximate surface area is 227 Å². The van der Waals surface area contributed by atoms with E-state index >= 15 is 0 Å². The van der Waals surface area contributed by atoms with Crippen molar-refractivity contribution in [2.75, 3.05) is 0 Å². The molecule has 6 aromatic rings. The van der Waals surface area contributed by atoms with Crippen molar-refractivity contribution in [3.8, 4) is 0 Å². The van der Waals surface area contributed by atoms with E-state index in [2.05, 4.69) is 81.0 Å². The van der Waals surface area contributed by atoms with Crippen molar-refractivity contribution in [1.82, 2.24) is 20.3 Å². The maximum absolute atomic E-state index is 5.14. The van der Waals surface area contributed by atoms with Crippen LogP contribution in [0.4, 0.5) is 23.3 Å². The van der Waals surface area contributed by atoms with Gasteiger partial charge in [-0.25, -0.2) is 20.0 Å². The van der Waals surface area contributed by atoms with E-state index < -0.39 is 0 Å². The topological polar surface area (TPSA) is 109 Å². The van der Waals surface area contributed by atoms with E-state index in [4.69, 9.17) is 20.0 Å². The number of hydrogen-bond acceptors (Lipinski definition) is 5. The Balaban J connectivity index is 1.42. The second-order valence-corrected chi connectivity index (χ2v) is 10.3. The number of hydrogen-bond donors (Lipinski definition) is 4. The first kappa shape index (κ1) is 21.4. The van der Waals surface area contributed by atoms with Gasteiger partial charge in [-0.1, -0.05) is 97.1 Å². The lowest BCUT2D eigenvalue weighted by Gasteiger charge is -2.13. The molecule has 1 aliphatic carbocycles. The van der Waals surface area contributed by atoms with Crippen molar-refractivity contribution in [2.24, 2.45) is 31.8 Å². The first-order valence-corrected chi connectivity index (χ1v) is 13.3. The van der Waals surface area contributed by atoms with Crippen molar-refractivity contribution in [3.63, 3.8) is 0 Å². The monoisotopic (exact) mass is 518 g/mol. The maximum atomic E-state index is 5.14. The number of aromatic nitrogens is 3. The summed E-state index contributed by atoms with van der Waals surface area (Å²) in [5.41, 5.74) is 1.48. The fourth-order valence-corrected chi connectivity index (χ4v) is 6.05. The van der Waals surface area contributed by atoms with Crippen LogP contribution in [0.25, 0.3) is 32.3 Å². The van der Waals surface area contributed by atoms with E-state index in [0.29, 0.717) is 0 Å². The van der Waals surface area contributed by atoms with Crippen LogP contribution in [0.1, 0.15) is 0 Å². The summed E-state index contributed by atoms with van der Waals surface area (Å²) in [5.74, 6) is 4.84. The number of aliphatic imine (C=N–C) groups is 2. The summed E-state index contributed by atoms with van der Waals surface area (Å²) in [6.07, 6.45) is 8.52. The lowest BCUT2D eigenvalue weighted by molar-refractivity contribution is 0.768. The van der Waals surface area contributed by atoms with E-state index in [1.807, 2.05) is 36.4 Å². The van der Waals surface area contributed by atoms with Crippen LogP contribution in [0.5, 0.6) is 0 Å². The van der Waals surface area contributed by atoms with Gasteiger partial charge >= 0.3 is 0 Å². The Hall–Kier alpha value is -5.50. The number of fused-ring (bicyclic) bond motifs is 20. The molecule has 2 atom stereocenters. The van der Waals surface area contributed by atoms with Crippen LogP contribution in [-0.2, 0) is 0 Å². The number of rotatable bonds is 0. The normalized spacial score (nSPS) is 19.2. The average Bonchev–Trinajstić information content (AvgIpc) is 3.73. The third kappa shape index (κ3) is 3.07. The van der Waals surface area contributed by atoms with E-state index in [1.165, 1.54) is 0 Å². The zero-order valence-electron chi connectivity index (χ0n) is 21.2. The van der Waals surface area contributed by atoms with Gasteiger partial charge in [0.2, 0.25) is 0 Å². The molecule has 0 unspecified atom stereocenters. The smallest absolute Gasteiger partial charge is 0.142 e. The molecule has 0 saturated carbocycles. The highest BCUT2D eigenvalue weighted by molar-refractivity contribution is 6.15. The fourth-order valence-electron chi connectivity index (χ4n) is 6.05. The molecule has 0 radical (unpaired) electrons. The zero-order chi connectivity index (χ0) is 26.2. The van der Waals surface area contributed by atoms with Crippen molar-refractivity contribution in [3.05, 3.63) is 108 Å². The molecule has 1 saturated heterocycles. The molecule has 2 aliphatic heterocycles. The van der Waals surface area contributed by atoms with Gasteiger partial charge in [-0.2, -0.15) is 0 Å². The molecule has 5 heterocycles. The summed E-state index contributed by atoms with van der Waals surface area (Å²) in [5, 5.41) is 9.59. The fraction of sp³-hybridized carbons (Fsp3) is 0.0625. The second-order valence-electron chi connectivity index (χ2n) is 10.3. The Morgan fingerprint density at radius 2 is 0.800 bits per heavy atom. The quantitative estimate of drug-likeness (QED) is 0.192. The van der Waals surface area contributed by atoms with Crippen LogP contribution >= 0.6 is 0 Å². The molecule has 4 N–H and O–H groups in total. The van der Waals surface area contributed by atoms with Gasteiger partial charge in [0.05, 0.1) is 0 Å². The molecular weight excluding hydrogens is 496 g/mol. The highest BCUT2D eigenvalue weighted by Gasteiger charge is 2.36. The van der Waals surface area contributed by atoms with Crippen molar-refractivity contribution in [2.45, 2.75) is 0 Å². The molecule has 0 spiro atoms. The van der Waals surface area contributed by atoms with E-state index in [0.717, 1.165) is 78.2 Å². The van der Waals surface area contributed by atoms with E-state index in [1.54, 1.807) is 0 Å². The van der Waals surface area contributed by atoms with E-state index in [-0.39, 0.29) is 11.8 Å². The Morgan fingerprint density at radius 1 is 0.425 bits per heavy atom. The van der Waals surface area contributed by atoms with E-state index in [9.17, 15) is 0 Å². The van der Waals surface area contributed by atoms with Gasteiger partial charge in [-0.3, -0.25) is 0 Å². The van der Waals surface area contributed by atoms with Crippen LogP contribution in [0.15, 0.2) is 117 Å². The van der Waals surface area contributed by atoms with Gasteiger partial charge in [-0.05, 0) is 0 Å². The van der Waals surface area contributed by atoms with Crippen LogP contribution in [0.3, 0.4) is 0 Å². The third-order valence-electron chi connectivity index (χ3n) is 7.96. The third-order valence-corrected chi connectivity index (χ3v) is 7.96. The molecule has 40 heavy (non-hydrogen) atoms. The maximum Gasteiger partial charge on any atom is 0.142 e. The summed E-state index contributed by atoms with van der Waals surface area (Å²) < 4.78 is 0. The minimum absolute atomic E-state index is 0.0572. The molecule has 3 aromatic carbocycles. The van der Waals surface area contributed by atoms with Crippen LogP contribution < -0.4 is 16.3 Å².